The lowest BCUT2D eigenvalue weighted by atomic mass is 9.81. The van der Waals surface area contributed by atoms with Gasteiger partial charge >= 0.3 is 0 Å². The summed E-state index contributed by atoms with van der Waals surface area (Å²) in [4.78, 5) is 16.8. The first-order valence-corrected chi connectivity index (χ1v) is 13.7. The highest BCUT2D eigenvalue weighted by atomic mass is 19.1. The first-order chi connectivity index (χ1) is 18.6. The number of nitrogens with zero attached hydrogens (tertiary/aromatic N) is 1. The molecular formula is C30H46FN3O5. The smallest absolute Gasteiger partial charge is 0.229 e. The van der Waals surface area contributed by atoms with E-state index in [1.54, 1.807) is 14.2 Å². The molecule has 0 saturated heterocycles. The van der Waals surface area contributed by atoms with Gasteiger partial charge in [-0.25, -0.2) is 9.37 Å². The molecule has 0 radical (unpaired) electrons. The minimum Gasteiger partial charge on any atom is -0.493 e. The highest BCUT2D eigenvalue weighted by Crippen LogP contribution is 2.32. The van der Waals surface area contributed by atoms with Crippen LogP contribution in [0.4, 0.5) is 10.2 Å². The Balaban J connectivity index is 2.05. The lowest BCUT2D eigenvalue weighted by Gasteiger charge is -2.30. The Morgan fingerprint density at radius 1 is 1.08 bits per heavy atom. The number of ether oxygens (including phenoxy) is 3. The van der Waals surface area contributed by atoms with Crippen LogP contribution in [0.1, 0.15) is 52.5 Å². The standard InChI is InChI=1S/C30H46FN3O5/c1-19(2)22(15-21-10-11-27(38-6)28(16-21)39-14-8-13-37-5)17-25(32)26(35)18-23(20(3)4)30(36)34-29-24(31)9-7-12-33-29/h7,9-12,16,19-20,22-23,25-26,35H,8,13-15,17-18,32H2,1-6H3,(H,33,34,36)/t22-,23-,25-,26-/m0/s1. The molecule has 1 heterocycles. The van der Waals surface area contributed by atoms with Crippen LogP contribution in [-0.4, -0.2) is 55.6 Å². The first kappa shape index (κ1) is 32.5. The van der Waals surface area contributed by atoms with Crippen molar-refractivity contribution in [2.24, 2.45) is 29.4 Å². The quantitative estimate of drug-likeness (QED) is 0.243. The number of methoxy groups -OCH3 is 2. The first-order valence-electron chi connectivity index (χ1n) is 13.7. The third-order valence-corrected chi connectivity index (χ3v) is 7.13. The maximum atomic E-state index is 14.0. The molecule has 1 amide bonds. The molecule has 2 rings (SSSR count). The van der Waals surface area contributed by atoms with E-state index >= 15 is 0 Å². The fourth-order valence-corrected chi connectivity index (χ4v) is 4.55. The third kappa shape index (κ3) is 10.4. The van der Waals surface area contributed by atoms with E-state index in [2.05, 4.69) is 24.1 Å². The van der Waals surface area contributed by atoms with E-state index in [9.17, 15) is 14.3 Å². The van der Waals surface area contributed by atoms with Crippen LogP contribution in [0.3, 0.4) is 0 Å². The number of aromatic nitrogens is 1. The number of amides is 1. The lowest BCUT2D eigenvalue weighted by Crippen LogP contribution is -2.41. The van der Waals surface area contributed by atoms with Crippen LogP contribution >= 0.6 is 0 Å². The monoisotopic (exact) mass is 547 g/mol. The van der Waals surface area contributed by atoms with Crippen molar-refractivity contribution in [1.82, 2.24) is 4.98 Å². The molecule has 0 spiro atoms. The average Bonchev–Trinajstić information content (AvgIpc) is 2.90. The molecule has 0 bridgehead atoms. The molecule has 0 saturated carbocycles. The van der Waals surface area contributed by atoms with Crippen LogP contribution < -0.4 is 20.5 Å². The number of nitrogens with two attached hydrogens (primary N) is 1. The van der Waals surface area contributed by atoms with Gasteiger partial charge in [-0.05, 0) is 66.8 Å². The van der Waals surface area contributed by atoms with E-state index in [0.29, 0.717) is 37.1 Å². The van der Waals surface area contributed by atoms with Crippen molar-refractivity contribution >= 4 is 11.7 Å². The van der Waals surface area contributed by atoms with E-state index in [4.69, 9.17) is 19.9 Å². The predicted molar refractivity (Wildman–Crippen MR) is 151 cm³/mol. The molecule has 1 aromatic heterocycles. The number of hydrogen-bond acceptors (Lipinski definition) is 7. The molecule has 39 heavy (non-hydrogen) atoms. The molecule has 0 aliphatic carbocycles. The zero-order chi connectivity index (χ0) is 28.9. The second-order valence-corrected chi connectivity index (χ2v) is 10.8. The number of nitrogens with one attached hydrogen (secondary N) is 1. The second-order valence-electron chi connectivity index (χ2n) is 10.8. The molecule has 4 atom stereocenters. The molecule has 0 aliphatic heterocycles. The summed E-state index contributed by atoms with van der Waals surface area (Å²) in [7, 11) is 3.28. The van der Waals surface area contributed by atoms with Crippen LogP contribution in [0, 0.1) is 29.5 Å². The predicted octanol–water partition coefficient (Wildman–Crippen LogP) is 4.84. The van der Waals surface area contributed by atoms with E-state index in [1.165, 1.54) is 18.3 Å². The van der Waals surface area contributed by atoms with Crippen LogP contribution in [0.15, 0.2) is 36.5 Å². The molecule has 8 nitrogen and oxygen atoms in total. The number of carbonyl (C=O) groups excluding carboxylic acids is 1. The molecular weight excluding hydrogens is 501 g/mol. The van der Waals surface area contributed by atoms with Gasteiger partial charge in [-0.3, -0.25) is 4.79 Å². The van der Waals surface area contributed by atoms with Crippen LogP contribution in [-0.2, 0) is 16.0 Å². The number of carbonyl (C=O) groups is 1. The van der Waals surface area contributed by atoms with E-state index in [0.717, 1.165) is 18.4 Å². The maximum absolute atomic E-state index is 14.0. The van der Waals surface area contributed by atoms with Gasteiger partial charge in [0.1, 0.15) is 0 Å². The number of halogens is 1. The summed E-state index contributed by atoms with van der Waals surface area (Å²) in [6.45, 7) is 9.22. The van der Waals surface area contributed by atoms with Gasteiger partial charge in [-0.2, -0.15) is 0 Å². The van der Waals surface area contributed by atoms with Gasteiger partial charge in [0, 0.05) is 38.3 Å². The van der Waals surface area contributed by atoms with Crippen molar-refractivity contribution in [1.29, 1.82) is 0 Å². The fraction of sp³-hybridized carbons (Fsp3) is 0.600. The number of aliphatic hydroxyl groups excluding tert-OH is 1. The van der Waals surface area contributed by atoms with E-state index in [1.807, 2.05) is 32.0 Å². The number of hydrogen-bond donors (Lipinski definition) is 3. The van der Waals surface area contributed by atoms with Gasteiger partial charge in [-0.1, -0.05) is 33.8 Å². The van der Waals surface area contributed by atoms with Gasteiger partial charge in [0.05, 0.1) is 19.8 Å². The minimum atomic E-state index is -0.895. The zero-order valence-corrected chi connectivity index (χ0v) is 24.2. The number of benzene rings is 1. The topological polar surface area (TPSA) is 116 Å². The normalized spacial score (nSPS) is 14.6. The van der Waals surface area contributed by atoms with Crippen molar-refractivity contribution < 1.29 is 28.5 Å². The largest absolute Gasteiger partial charge is 0.493 e. The lowest BCUT2D eigenvalue weighted by molar-refractivity contribution is -0.122. The van der Waals surface area contributed by atoms with E-state index in [-0.39, 0.29) is 30.0 Å². The van der Waals surface area contributed by atoms with Gasteiger partial charge in [-0.15, -0.1) is 0 Å². The Kier molecular flexibility index (Phi) is 13.6. The van der Waals surface area contributed by atoms with Crippen LogP contribution in [0.2, 0.25) is 0 Å². The Bertz CT molecular complexity index is 1020. The summed E-state index contributed by atoms with van der Waals surface area (Å²) in [5, 5.41) is 13.6. The highest BCUT2D eigenvalue weighted by Gasteiger charge is 2.30. The van der Waals surface area contributed by atoms with Gasteiger partial charge in [0.25, 0.3) is 0 Å². The van der Waals surface area contributed by atoms with Gasteiger partial charge < -0.3 is 30.4 Å². The molecule has 0 fully saturated rings. The fourth-order valence-electron chi connectivity index (χ4n) is 4.55. The Labute approximate surface area is 232 Å². The summed E-state index contributed by atoms with van der Waals surface area (Å²) in [5.74, 6) is 0.129. The summed E-state index contributed by atoms with van der Waals surface area (Å²) in [6.07, 6.45) is 2.80. The molecule has 218 valence electrons. The molecule has 4 N–H and O–H groups in total. The molecule has 0 unspecified atom stereocenters. The Hall–Kier alpha value is -2.75. The van der Waals surface area contributed by atoms with Crippen LogP contribution in [0.25, 0.3) is 0 Å². The van der Waals surface area contributed by atoms with Crippen molar-refractivity contribution in [3.8, 4) is 11.5 Å². The Morgan fingerprint density at radius 3 is 2.44 bits per heavy atom. The summed E-state index contributed by atoms with van der Waals surface area (Å²) in [6, 6.07) is 8.10. The maximum Gasteiger partial charge on any atom is 0.229 e. The summed E-state index contributed by atoms with van der Waals surface area (Å²) >= 11 is 0. The third-order valence-electron chi connectivity index (χ3n) is 7.13. The van der Waals surface area contributed by atoms with Crippen molar-refractivity contribution in [3.63, 3.8) is 0 Å². The van der Waals surface area contributed by atoms with Gasteiger partial charge in [0.2, 0.25) is 5.91 Å². The van der Waals surface area contributed by atoms with E-state index < -0.39 is 23.9 Å². The SMILES string of the molecule is COCCCOc1cc(C[C@@H](C[C@H](N)[C@@H](O)C[C@H](C(=O)Nc2ncccc2F)C(C)C)C(C)C)ccc1OC. The molecule has 9 heteroatoms. The summed E-state index contributed by atoms with van der Waals surface area (Å²) < 4.78 is 30.5. The highest BCUT2D eigenvalue weighted by molar-refractivity contribution is 5.91. The van der Waals surface area contributed by atoms with Crippen molar-refractivity contribution in [2.75, 3.05) is 32.8 Å². The zero-order valence-electron chi connectivity index (χ0n) is 24.2. The average molecular weight is 548 g/mol. The number of aliphatic hydroxyl groups is 1. The van der Waals surface area contributed by atoms with Crippen molar-refractivity contribution in [2.45, 2.75) is 65.5 Å². The molecule has 1 aromatic carbocycles. The number of anilines is 1. The number of pyridine rings is 1. The van der Waals surface area contributed by atoms with Crippen LogP contribution in [0.5, 0.6) is 11.5 Å². The van der Waals surface area contributed by atoms with Crippen molar-refractivity contribution in [3.05, 3.63) is 47.9 Å². The Morgan fingerprint density at radius 2 is 1.82 bits per heavy atom. The summed E-state index contributed by atoms with van der Waals surface area (Å²) in [5.41, 5.74) is 7.59. The number of rotatable bonds is 17. The van der Waals surface area contributed by atoms with Gasteiger partial charge in [0.15, 0.2) is 23.1 Å². The molecule has 0 aliphatic rings. The molecule has 2 aromatic rings. The second kappa shape index (κ2) is 16.4. The minimum absolute atomic E-state index is 0.0823.